The van der Waals surface area contributed by atoms with Crippen molar-refractivity contribution in [2.24, 2.45) is 0 Å². The average molecular weight is 341 g/mol. The van der Waals surface area contributed by atoms with E-state index in [2.05, 4.69) is 10.6 Å². The fraction of sp³-hybridized carbons (Fsp3) is 0.421. The summed E-state index contributed by atoms with van der Waals surface area (Å²) in [6, 6.07) is 9.09. The fourth-order valence-corrected chi connectivity index (χ4v) is 2.73. The van der Waals surface area contributed by atoms with Gasteiger partial charge in [0, 0.05) is 18.8 Å². The predicted molar refractivity (Wildman–Crippen MR) is 93.3 cm³/mol. The van der Waals surface area contributed by atoms with Crippen molar-refractivity contribution in [2.75, 3.05) is 6.61 Å². The standard InChI is InChI=1S/C19H23N3O3/c1-2-25-19(24)15-9-7-14(8-10-15)12-21-13-16(11-20)18(23)22-17-5-3-4-6-17/h7-10,13,17,21H,2-6,12H2,1H3,(H,22,23)/b16-13-. The molecule has 1 aliphatic carbocycles. The van der Waals surface area contributed by atoms with Gasteiger partial charge in [0.15, 0.2) is 0 Å². The second kappa shape index (κ2) is 9.48. The van der Waals surface area contributed by atoms with Crippen LogP contribution >= 0.6 is 0 Å². The molecule has 0 aromatic heterocycles. The van der Waals surface area contributed by atoms with Crippen molar-refractivity contribution in [3.63, 3.8) is 0 Å². The van der Waals surface area contributed by atoms with E-state index in [1.54, 1.807) is 31.2 Å². The van der Waals surface area contributed by atoms with Gasteiger partial charge in [0.1, 0.15) is 11.6 Å². The summed E-state index contributed by atoms with van der Waals surface area (Å²) in [5.41, 5.74) is 1.49. The van der Waals surface area contributed by atoms with Crippen molar-refractivity contribution in [3.05, 3.63) is 47.2 Å². The molecule has 0 spiro atoms. The number of benzene rings is 1. The molecule has 1 fully saturated rings. The molecule has 0 heterocycles. The number of hydrogen-bond acceptors (Lipinski definition) is 5. The predicted octanol–water partition coefficient (Wildman–Crippen LogP) is 2.42. The van der Waals surface area contributed by atoms with E-state index in [4.69, 9.17) is 10.00 Å². The largest absolute Gasteiger partial charge is 0.462 e. The number of rotatable bonds is 7. The molecule has 25 heavy (non-hydrogen) atoms. The molecule has 0 aliphatic heterocycles. The van der Waals surface area contributed by atoms with E-state index < -0.39 is 0 Å². The van der Waals surface area contributed by atoms with Crippen molar-refractivity contribution in [2.45, 2.75) is 45.2 Å². The smallest absolute Gasteiger partial charge is 0.338 e. The van der Waals surface area contributed by atoms with Gasteiger partial charge in [0.25, 0.3) is 5.91 Å². The zero-order valence-electron chi connectivity index (χ0n) is 14.4. The van der Waals surface area contributed by atoms with E-state index in [9.17, 15) is 9.59 Å². The van der Waals surface area contributed by atoms with Crippen LogP contribution in [-0.4, -0.2) is 24.5 Å². The SMILES string of the molecule is CCOC(=O)c1ccc(CN/C=C(/C#N)C(=O)NC2CCCC2)cc1. The van der Waals surface area contributed by atoms with Crippen LogP contribution in [0.15, 0.2) is 36.0 Å². The fourth-order valence-electron chi connectivity index (χ4n) is 2.73. The van der Waals surface area contributed by atoms with E-state index in [-0.39, 0.29) is 23.5 Å². The van der Waals surface area contributed by atoms with Crippen LogP contribution in [0.1, 0.15) is 48.5 Å². The maximum atomic E-state index is 12.1. The van der Waals surface area contributed by atoms with Gasteiger partial charge in [0.05, 0.1) is 12.2 Å². The van der Waals surface area contributed by atoms with E-state index in [1.165, 1.54) is 6.20 Å². The minimum atomic E-state index is -0.350. The molecule has 2 rings (SSSR count). The summed E-state index contributed by atoms with van der Waals surface area (Å²) in [5.74, 6) is -0.684. The molecule has 0 atom stereocenters. The first-order valence-corrected chi connectivity index (χ1v) is 8.54. The molecule has 132 valence electrons. The zero-order valence-corrected chi connectivity index (χ0v) is 14.4. The van der Waals surface area contributed by atoms with Crippen molar-refractivity contribution in [1.82, 2.24) is 10.6 Å². The molecule has 1 aromatic rings. The van der Waals surface area contributed by atoms with E-state index in [0.29, 0.717) is 18.7 Å². The summed E-state index contributed by atoms with van der Waals surface area (Å²) >= 11 is 0. The van der Waals surface area contributed by atoms with Crippen molar-refractivity contribution in [1.29, 1.82) is 5.26 Å². The number of nitrogens with one attached hydrogen (secondary N) is 2. The maximum absolute atomic E-state index is 12.1. The van der Waals surface area contributed by atoms with E-state index in [1.807, 2.05) is 6.07 Å². The highest BCUT2D eigenvalue weighted by molar-refractivity contribution is 5.97. The third kappa shape index (κ3) is 5.64. The topological polar surface area (TPSA) is 91.2 Å². The third-order valence-electron chi connectivity index (χ3n) is 4.07. The highest BCUT2D eigenvalue weighted by Gasteiger charge is 2.19. The molecule has 0 unspecified atom stereocenters. The normalized spacial score (nSPS) is 14.6. The summed E-state index contributed by atoms with van der Waals surface area (Å²) in [6.07, 6.45) is 5.63. The lowest BCUT2D eigenvalue weighted by atomic mass is 10.1. The lowest BCUT2D eigenvalue weighted by Crippen LogP contribution is -2.33. The monoisotopic (exact) mass is 341 g/mol. The maximum Gasteiger partial charge on any atom is 0.338 e. The van der Waals surface area contributed by atoms with Gasteiger partial charge in [-0.15, -0.1) is 0 Å². The Morgan fingerprint density at radius 1 is 1.28 bits per heavy atom. The van der Waals surface area contributed by atoms with Crippen molar-refractivity contribution < 1.29 is 14.3 Å². The van der Waals surface area contributed by atoms with Crippen LogP contribution in [0.25, 0.3) is 0 Å². The van der Waals surface area contributed by atoms with Crippen LogP contribution in [0.2, 0.25) is 0 Å². The van der Waals surface area contributed by atoms with E-state index in [0.717, 1.165) is 31.2 Å². The highest BCUT2D eigenvalue weighted by Crippen LogP contribution is 2.17. The van der Waals surface area contributed by atoms with Gasteiger partial charge in [-0.3, -0.25) is 4.79 Å². The molecule has 1 amide bonds. The summed E-state index contributed by atoms with van der Waals surface area (Å²) in [5, 5.41) is 15.0. The van der Waals surface area contributed by atoms with Gasteiger partial charge in [0.2, 0.25) is 0 Å². The molecule has 1 aliphatic rings. The summed E-state index contributed by atoms with van der Waals surface area (Å²) in [4.78, 5) is 23.6. The lowest BCUT2D eigenvalue weighted by Gasteiger charge is -2.11. The molecular weight excluding hydrogens is 318 g/mol. The second-order valence-electron chi connectivity index (χ2n) is 5.92. The van der Waals surface area contributed by atoms with Crippen LogP contribution < -0.4 is 10.6 Å². The Hall–Kier alpha value is -2.81. The number of carbonyl (C=O) groups excluding carboxylic acids is 2. The molecule has 1 aromatic carbocycles. The van der Waals surface area contributed by atoms with Gasteiger partial charge in [-0.1, -0.05) is 25.0 Å². The molecule has 0 saturated heterocycles. The molecular formula is C19H23N3O3. The molecule has 6 heteroatoms. The summed E-state index contributed by atoms with van der Waals surface area (Å²) in [6.45, 7) is 2.55. The number of ether oxygens (including phenoxy) is 1. The number of nitrogens with zero attached hydrogens (tertiary/aromatic N) is 1. The van der Waals surface area contributed by atoms with Gasteiger partial charge in [-0.25, -0.2) is 4.79 Å². The molecule has 2 N–H and O–H groups in total. The van der Waals surface area contributed by atoms with Crippen LogP contribution in [0, 0.1) is 11.3 Å². The Kier molecular flexibility index (Phi) is 7.02. The van der Waals surface area contributed by atoms with Crippen molar-refractivity contribution >= 4 is 11.9 Å². The van der Waals surface area contributed by atoms with Gasteiger partial charge < -0.3 is 15.4 Å². The Balaban J connectivity index is 1.86. The highest BCUT2D eigenvalue weighted by atomic mass is 16.5. The molecule has 0 radical (unpaired) electrons. The van der Waals surface area contributed by atoms with E-state index >= 15 is 0 Å². The average Bonchev–Trinajstić information content (AvgIpc) is 3.12. The van der Waals surface area contributed by atoms with Gasteiger partial charge >= 0.3 is 5.97 Å². The van der Waals surface area contributed by atoms with Gasteiger partial charge in [-0.05, 0) is 37.5 Å². The van der Waals surface area contributed by atoms with Crippen LogP contribution in [0.5, 0.6) is 0 Å². The Morgan fingerprint density at radius 2 is 1.96 bits per heavy atom. The number of carbonyl (C=O) groups is 2. The van der Waals surface area contributed by atoms with Crippen LogP contribution in [0.4, 0.5) is 0 Å². The molecule has 6 nitrogen and oxygen atoms in total. The number of nitriles is 1. The second-order valence-corrected chi connectivity index (χ2v) is 5.92. The first-order valence-electron chi connectivity index (χ1n) is 8.54. The van der Waals surface area contributed by atoms with Crippen LogP contribution in [0.3, 0.4) is 0 Å². The van der Waals surface area contributed by atoms with Crippen LogP contribution in [-0.2, 0) is 16.1 Å². The molecule has 0 bridgehead atoms. The Bertz CT molecular complexity index is 668. The molecule has 1 saturated carbocycles. The Labute approximate surface area is 147 Å². The minimum absolute atomic E-state index is 0.0649. The number of hydrogen-bond donors (Lipinski definition) is 2. The first-order chi connectivity index (χ1) is 12.1. The lowest BCUT2D eigenvalue weighted by molar-refractivity contribution is -0.117. The third-order valence-corrected chi connectivity index (χ3v) is 4.07. The van der Waals surface area contributed by atoms with Gasteiger partial charge in [-0.2, -0.15) is 5.26 Å². The first kappa shape index (κ1) is 18.5. The number of esters is 1. The quantitative estimate of drug-likeness (QED) is 0.451. The summed E-state index contributed by atoms with van der Waals surface area (Å²) < 4.78 is 4.93. The summed E-state index contributed by atoms with van der Waals surface area (Å²) in [7, 11) is 0. The number of amides is 1. The van der Waals surface area contributed by atoms with Crippen molar-refractivity contribution in [3.8, 4) is 6.07 Å². The minimum Gasteiger partial charge on any atom is -0.462 e. The Morgan fingerprint density at radius 3 is 2.56 bits per heavy atom. The zero-order chi connectivity index (χ0) is 18.1.